The summed E-state index contributed by atoms with van der Waals surface area (Å²) >= 11 is 0. The summed E-state index contributed by atoms with van der Waals surface area (Å²) in [5.74, 6) is -1.16. The SMILES string of the molecule is CCc1nc2ccccc2c(C(=O)OCC(=O)N[C@@](C)(C#N)C(C)C)c1C. The number of fused-ring (bicyclic) bond motifs is 1. The first kappa shape index (κ1) is 20.4. The summed E-state index contributed by atoms with van der Waals surface area (Å²) in [6, 6.07) is 9.45. The molecule has 0 aliphatic carbocycles. The van der Waals surface area contributed by atoms with E-state index in [1.54, 1.807) is 6.92 Å². The number of aromatic nitrogens is 1. The van der Waals surface area contributed by atoms with Gasteiger partial charge in [-0.05, 0) is 37.8 Å². The molecular weight excluding hydrogens is 342 g/mol. The van der Waals surface area contributed by atoms with Gasteiger partial charge >= 0.3 is 5.97 Å². The predicted molar refractivity (Wildman–Crippen MR) is 103 cm³/mol. The molecule has 0 radical (unpaired) electrons. The predicted octanol–water partition coefficient (Wildman–Crippen LogP) is 3.32. The molecule has 0 spiro atoms. The maximum absolute atomic E-state index is 12.7. The smallest absolute Gasteiger partial charge is 0.339 e. The lowest BCUT2D eigenvalue weighted by molar-refractivity contribution is -0.125. The van der Waals surface area contributed by atoms with Gasteiger partial charge in [-0.3, -0.25) is 9.78 Å². The minimum atomic E-state index is -1.02. The molecule has 0 aliphatic rings. The van der Waals surface area contributed by atoms with E-state index in [9.17, 15) is 14.9 Å². The van der Waals surface area contributed by atoms with Crippen LogP contribution in [-0.2, 0) is 16.0 Å². The Morgan fingerprint density at radius 2 is 2.00 bits per heavy atom. The van der Waals surface area contributed by atoms with Crippen molar-refractivity contribution < 1.29 is 14.3 Å². The minimum Gasteiger partial charge on any atom is -0.452 e. The number of benzene rings is 1. The van der Waals surface area contributed by atoms with Gasteiger partial charge in [0, 0.05) is 11.1 Å². The van der Waals surface area contributed by atoms with Crippen molar-refractivity contribution in [1.82, 2.24) is 10.3 Å². The number of hydrogen-bond donors (Lipinski definition) is 1. The second-order valence-electron chi connectivity index (χ2n) is 7.02. The maximum atomic E-state index is 12.7. The van der Waals surface area contributed by atoms with Gasteiger partial charge in [-0.25, -0.2) is 4.79 Å². The third-order valence-corrected chi connectivity index (χ3v) is 4.90. The molecule has 6 nitrogen and oxygen atoms in total. The van der Waals surface area contributed by atoms with Crippen LogP contribution in [0.3, 0.4) is 0 Å². The number of nitrogens with one attached hydrogen (secondary N) is 1. The van der Waals surface area contributed by atoms with Crippen LogP contribution in [0, 0.1) is 24.2 Å². The van der Waals surface area contributed by atoms with Gasteiger partial charge in [0.25, 0.3) is 5.91 Å². The number of para-hydroxylation sites is 1. The van der Waals surface area contributed by atoms with Crippen LogP contribution in [-0.4, -0.2) is 29.0 Å². The van der Waals surface area contributed by atoms with Crippen molar-refractivity contribution in [2.24, 2.45) is 5.92 Å². The first-order valence-corrected chi connectivity index (χ1v) is 9.01. The van der Waals surface area contributed by atoms with E-state index < -0.39 is 24.0 Å². The van der Waals surface area contributed by atoms with E-state index in [0.717, 1.165) is 11.3 Å². The summed E-state index contributed by atoms with van der Waals surface area (Å²) in [6.45, 7) is 8.69. The Kier molecular flexibility index (Phi) is 6.17. The van der Waals surface area contributed by atoms with E-state index in [1.165, 1.54) is 0 Å². The first-order chi connectivity index (χ1) is 12.7. The molecule has 0 fully saturated rings. The maximum Gasteiger partial charge on any atom is 0.339 e. The van der Waals surface area contributed by atoms with Crippen LogP contribution in [0.5, 0.6) is 0 Å². The van der Waals surface area contributed by atoms with Crippen LogP contribution in [0.1, 0.15) is 49.3 Å². The van der Waals surface area contributed by atoms with Crippen molar-refractivity contribution in [2.45, 2.75) is 46.6 Å². The zero-order chi connectivity index (χ0) is 20.2. The van der Waals surface area contributed by atoms with Crippen LogP contribution in [0.2, 0.25) is 0 Å². The third kappa shape index (κ3) is 4.25. The summed E-state index contributed by atoms with van der Waals surface area (Å²) < 4.78 is 5.26. The normalized spacial score (nSPS) is 13.1. The Hall–Kier alpha value is -2.94. The zero-order valence-electron chi connectivity index (χ0n) is 16.4. The number of nitriles is 1. The van der Waals surface area contributed by atoms with Gasteiger partial charge in [0.15, 0.2) is 6.61 Å². The molecule has 6 heteroatoms. The number of carbonyl (C=O) groups is 2. The number of nitrogens with zero attached hydrogens (tertiary/aromatic N) is 2. The molecular formula is C21H25N3O3. The van der Waals surface area contributed by atoms with E-state index in [4.69, 9.17) is 4.74 Å². The number of aryl methyl sites for hydroxylation is 1. The average Bonchev–Trinajstić information content (AvgIpc) is 2.65. The van der Waals surface area contributed by atoms with Gasteiger partial charge < -0.3 is 10.1 Å². The Labute approximate surface area is 159 Å². The topological polar surface area (TPSA) is 92.1 Å². The van der Waals surface area contributed by atoms with Gasteiger partial charge in [-0.1, -0.05) is 39.0 Å². The minimum absolute atomic E-state index is 0.0827. The zero-order valence-corrected chi connectivity index (χ0v) is 16.4. The molecule has 27 heavy (non-hydrogen) atoms. The number of hydrogen-bond acceptors (Lipinski definition) is 5. The molecule has 2 rings (SSSR count). The molecule has 0 aliphatic heterocycles. The molecule has 1 N–H and O–H groups in total. The number of rotatable bonds is 6. The summed E-state index contributed by atoms with van der Waals surface area (Å²) in [5, 5.41) is 12.6. The van der Waals surface area contributed by atoms with Gasteiger partial charge in [-0.15, -0.1) is 0 Å². The molecule has 0 saturated carbocycles. The highest BCUT2D eigenvalue weighted by Gasteiger charge is 2.30. The standard InChI is InChI=1S/C21H25N3O3/c1-6-16-14(4)19(15-9-7-8-10-17(15)23-16)20(26)27-11-18(25)24-21(5,12-22)13(2)3/h7-10,13H,6,11H2,1-5H3,(H,24,25)/t21-/m0/s1. The van der Waals surface area contributed by atoms with E-state index in [0.29, 0.717) is 22.9 Å². The van der Waals surface area contributed by atoms with Crippen LogP contribution in [0.4, 0.5) is 0 Å². The van der Waals surface area contributed by atoms with E-state index in [-0.39, 0.29) is 5.92 Å². The molecule has 1 aromatic heterocycles. The Morgan fingerprint density at radius 3 is 2.59 bits per heavy atom. The number of esters is 1. The van der Waals surface area contributed by atoms with Crippen LogP contribution >= 0.6 is 0 Å². The number of amides is 1. The third-order valence-electron chi connectivity index (χ3n) is 4.90. The molecule has 2 aromatic rings. The number of carbonyl (C=O) groups excluding carboxylic acids is 2. The Balaban J connectivity index is 2.23. The number of pyridine rings is 1. The molecule has 0 unspecified atom stereocenters. The summed E-state index contributed by atoms with van der Waals surface area (Å²) in [5.41, 5.74) is 1.70. The van der Waals surface area contributed by atoms with Crippen molar-refractivity contribution in [2.75, 3.05) is 6.61 Å². The van der Waals surface area contributed by atoms with Gasteiger partial charge in [0.05, 0.1) is 17.1 Å². The Morgan fingerprint density at radius 1 is 1.33 bits per heavy atom. The van der Waals surface area contributed by atoms with Gasteiger partial charge in [0.1, 0.15) is 5.54 Å². The summed E-state index contributed by atoms with van der Waals surface area (Å²) in [7, 11) is 0. The quantitative estimate of drug-likeness (QED) is 0.791. The van der Waals surface area contributed by atoms with Crippen LogP contribution < -0.4 is 5.32 Å². The van der Waals surface area contributed by atoms with E-state index >= 15 is 0 Å². The highest BCUT2D eigenvalue weighted by molar-refractivity contribution is 6.05. The largest absolute Gasteiger partial charge is 0.452 e. The fourth-order valence-electron chi connectivity index (χ4n) is 2.80. The van der Waals surface area contributed by atoms with Crippen molar-refractivity contribution in [1.29, 1.82) is 5.26 Å². The summed E-state index contributed by atoms with van der Waals surface area (Å²) in [6.07, 6.45) is 0.687. The van der Waals surface area contributed by atoms with Crippen molar-refractivity contribution >= 4 is 22.8 Å². The van der Waals surface area contributed by atoms with Crippen molar-refractivity contribution in [3.63, 3.8) is 0 Å². The lowest BCUT2D eigenvalue weighted by Gasteiger charge is -2.27. The molecule has 1 amide bonds. The lowest BCUT2D eigenvalue weighted by atomic mass is 9.90. The lowest BCUT2D eigenvalue weighted by Crippen LogP contribution is -2.50. The van der Waals surface area contributed by atoms with Crippen molar-refractivity contribution in [3.05, 3.63) is 41.1 Å². The highest BCUT2D eigenvalue weighted by Crippen LogP contribution is 2.24. The second-order valence-corrected chi connectivity index (χ2v) is 7.02. The highest BCUT2D eigenvalue weighted by atomic mass is 16.5. The van der Waals surface area contributed by atoms with E-state index in [2.05, 4.69) is 16.4 Å². The second kappa shape index (κ2) is 8.17. The van der Waals surface area contributed by atoms with Gasteiger partial charge in [-0.2, -0.15) is 5.26 Å². The fraction of sp³-hybridized carbons (Fsp3) is 0.429. The molecule has 1 aromatic carbocycles. The van der Waals surface area contributed by atoms with Gasteiger partial charge in [0.2, 0.25) is 0 Å². The summed E-state index contributed by atoms with van der Waals surface area (Å²) in [4.78, 5) is 29.5. The molecule has 0 saturated heterocycles. The monoisotopic (exact) mass is 367 g/mol. The molecule has 142 valence electrons. The van der Waals surface area contributed by atoms with E-state index in [1.807, 2.05) is 52.0 Å². The molecule has 1 heterocycles. The number of ether oxygens (including phenoxy) is 1. The fourth-order valence-corrected chi connectivity index (χ4v) is 2.80. The van der Waals surface area contributed by atoms with Crippen molar-refractivity contribution in [3.8, 4) is 6.07 Å². The molecule has 0 bridgehead atoms. The Bertz CT molecular complexity index is 915. The van der Waals surface area contributed by atoms with Crippen LogP contribution in [0.15, 0.2) is 24.3 Å². The van der Waals surface area contributed by atoms with Crippen LogP contribution in [0.25, 0.3) is 10.9 Å². The average molecular weight is 367 g/mol. The molecule has 1 atom stereocenters. The first-order valence-electron chi connectivity index (χ1n) is 9.01.